The first-order chi connectivity index (χ1) is 10.1. The van der Waals surface area contributed by atoms with Crippen LogP contribution < -0.4 is 10.6 Å². The van der Waals surface area contributed by atoms with Crippen molar-refractivity contribution >= 4 is 23.4 Å². The smallest absolute Gasteiger partial charge is 0.261 e. The molecule has 104 valence electrons. The largest absolute Gasteiger partial charge is 0.321 e. The summed E-state index contributed by atoms with van der Waals surface area (Å²) >= 11 is 0. The fraction of sp³-hybridized carbons (Fsp3) is 0.0625. The Morgan fingerprint density at radius 1 is 1.05 bits per heavy atom. The number of imide groups is 1. The van der Waals surface area contributed by atoms with Gasteiger partial charge in [-0.25, -0.2) is 0 Å². The Kier molecular flexibility index (Phi) is 3.02. The summed E-state index contributed by atoms with van der Waals surface area (Å²) in [7, 11) is 0. The summed E-state index contributed by atoms with van der Waals surface area (Å²) in [5, 5.41) is 4.90. The zero-order valence-corrected chi connectivity index (χ0v) is 11.3. The monoisotopic (exact) mass is 280 g/mol. The highest BCUT2D eigenvalue weighted by molar-refractivity contribution is 6.25. The first kappa shape index (κ1) is 13.1. The van der Waals surface area contributed by atoms with Crippen molar-refractivity contribution in [1.82, 2.24) is 5.32 Å². The molecule has 0 saturated carbocycles. The predicted octanol–water partition coefficient (Wildman–Crippen LogP) is 2.13. The van der Waals surface area contributed by atoms with Crippen LogP contribution >= 0.6 is 0 Å². The number of fused-ring (bicyclic) bond motifs is 1. The van der Waals surface area contributed by atoms with E-state index in [-0.39, 0.29) is 17.0 Å². The Hall–Kier alpha value is -2.95. The molecule has 0 saturated heterocycles. The van der Waals surface area contributed by atoms with Gasteiger partial charge < -0.3 is 5.32 Å². The quantitative estimate of drug-likeness (QED) is 0.827. The molecule has 1 aliphatic heterocycles. The van der Waals surface area contributed by atoms with Crippen molar-refractivity contribution in [1.29, 1.82) is 0 Å². The summed E-state index contributed by atoms with van der Waals surface area (Å²) < 4.78 is 0. The molecule has 0 aromatic heterocycles. The molecular weight excluding hydrogens is 268 g/mol. The molecule has 0 aliphatic carbocycles. The van der Waals surface area contributed by atoms with E-state index in [4.69, 9.17) is 0 Å². The van der Waals surface area contributed by atoms with Gasteiger partial charge in [0.15, 0.2) is 0 Å². The minimum Gasteiger partial charge on any atom is -0.321 e. The SMILES string of the molecule is Cc1cccc(C(=O)Nc2cccc3c2C(=O)NC3=O)c1. The molecule has 0 unspecified atom stereocenters. The molecule has 1 aliphatic rings. The minimum atomic E-state index is -0.491. The van der Waals surface area contributed by atoms with Crippen LogP contribution in [0.1, 0.15) is 36.6 Å². The molecule has 0 atom stereocenters. The van der Waals surface area contributed by atoms with Gasteiger partial charge in [0, 0.05) is 5.56 Å². The van der Waals surface area contributed by atoms with Gasteiger partial charge in [-0.15, -0.1) is 0 Å². The molecule has 0 spiro atoms. The van der Waals surface area contributed by atoms with E-state index in [0.717, 1.165) is 5.56 Å². The highest BCUT2D eigenvalue weighted by atomic mass is 16.2. The van der Waals surface area contributed by atoms with E-state index in [9.17, 15) is 14.4 Å². The average molecular weight is 280 g/mol. The third kappa shape index (κ3) is 2.29. The van der Waals surface area contributed by atoms with Gasteiger partial charge in [-0.1, -0.05) is 23.8 Å². The molecule has 2 N–H and O–H groups in total. The van der Waals surface area contributed by atoms with Gasteiger partial charge in [0.05, 0.1) is 16.8 Å². The number of nitrogens with one attached hydrogen (secondary N) is 2. The predicted molar refractivity (Wildman–Crippen MR) is 77.4 cm³/mol. The van der Waals surface area contributed by atoms with Crippen molar-refractivity contribution in [2.24, 2.45) is 0 Å². The number of hydrogen-bond donors (Lipinski definition) is 2. The molecule has 3 amide bonds. The van der Waals surface area contributed by atoms with E-state index in [1.165, 1.54) is 0 Å². The van der Waals surface area contributed by atoms with Crippen molar-refractivity contribution < 1.29 is 14.4 Å². The van der Waals surface area contributed by atoms with Crippen LogP contribution in [0.25, 0.3) is 0 Å². The van der Waals surface area contributed by atoms with Crippen molar-refractivity contribution in [3.63, 3.8) is 0 Å². The normalized spacial score (nSPS) is 12.8. The summed E-state index contributed by atoms with van der Waals surface area (Å²) in [6, 6.07) is 11.9. The molecule has 0 radical (unpaired) electrons. The fourth-order valence-electron chi connectivity index (χ4n) is 2.30. The Balaban J connectivity index is 1.95. The van der Waals surface area contributed by atoms with Crippen LogP contribution in [0.15, 0.2) is 42.5 Å². The van der Waals surface area contributed by atoms with Crippen molar-refractivity contribution in [2.45, 2.75) is 6.92 Å². The molecule has 5 nitrogen and oxygen atoms in total. The summed E-state index contributed by atoms with van der Waals surface area (Å²) in [4.78, 5) is 35.6. The number of benzene rings is 2. The second-order valence-corrected chi connectivity index (χ2v) is 4.83. The molecular formula is C16H12N2O3. The Morgan fingerprint density at radius 3 is 2.57 bits per heavy atom. The second kappa shape index (κ2) is 4.86. The van der Waals surface area contributed by atoms with Crippen LogP contribution in [0.2, 0.25) is 0 Å². The summed E-state index contributed by atoms with van der Waals surface area (Å²) in [5.74, 6) is -1.25. The van der Waals surface area contributed by atoms with Crippen molar-refractivity contribution in [2.75, 3.05) is 5.32 Å². The maximum Gasteiger partial charge on any atom is 0.261 e. The number of hydrogen-bond acceptors (Lipinski definition) is 3. The number of carbonyl (C=O) groups excluding carboxylic acids is 3. The first-order valence-electron chi connectivity index (χ1n) is 6.43. The van der Waals surface area contributed by atoms with Crippen LogP contribution in [0, 0.1) is 6.92 Å². The number of amides is 3. The molecule has 0 fully saturated rings. The number of carbonyl (C=O) groups is 3. The van der Waals surface area contributed by atoms with E-state index in [1.54, 1.807) is 36.4 Å². The summed E-state index contributed by atoms with van der Waals surface area (Å²) in [6.45, 7) is 1.89. The van der Waals surface area contributed by atoms with Gasteiger partial charge in [0.2, 0.25) is 0 Å². The van der Waals surface area contributed by atoms with Crippen LogP contribution in [-0.4, -0.2) is 17.7 Å². The lowest BCUT2D eigenvalue weighted by Crippen LogP contribution is -2.20. The topological polar surface area (TPSA) is 75.3 Å². The van der Waals surface area contributed by atoms with Gasteiger partial charge in [0.25, 0.3) is 17.7 Å². The molecule has 21 heavy (non-hydrogen) atoms. The summed E-state index contributed by atoms with van der Waals surface area (Å²) in [6.07, 6.45) is 0. The van der Waals surface area contributed by atoms with E-state index in [0.29, 0.717) is 11.3 Å². The van der Waals surface area contributed by atoms with E-state index in [1.807, 2.05) is 13.0 Å². The first-order valence-corrected chi connectivity index (χ1v) is 6.43. The lowest BCUT2D eigenvalue weighted by Gasteiger charge is -2.08. The highest BCUT2D eigenvalue weighted by Crippen LogP contribution is 2.24. The molecule has 2 aromatic rings. The van der Waals surface area contributed by atoms with Gasteiger partial charge >= 0.3 is 0 Å². The molecule has 1 heterocycles. The van der Waals surface area contributed by atoms with Gasteiger partial charge in [-0.2, -0.15) is 0 Å². The van der Waals surface area contributed by atoms with Gasteiger partial charge in [-0.05, 0) is 31.2 Å². The van der Waals surface area contributed by atoms with Crippen LogP contribution in [0.3, 0.4) is 0 Å². The van der Waals surface area contributed by atoms with E-state index >= 15 is 0 Å². The van der Waals surface area contributed by atoms with E-state index in [2.05, 4.69) is 10.6 Å². The third-order valence-corrected chi connectivity index (χ3v) is 3.29. The van der Waals surface area contributed by atoms with Gasteiger partial charge in [-0.3, -0.25) is 19.7 Å². The lowest BCUT2D eigenvalue weighted by atomic mass is 10.1. The summed E-state index contributed by atoms with van der Waals surface area (Å²) in [5.41, 5.74) is 2.29. The Morgan fingerprint density at radius 2 is 1.81 bits per heavy atom. The highest BCUT2D eigenvalue weighted by Gasteiger charge is 2.29. The molecule has 2 aromatic carbocycles. The molecule has 0 bridgehead atoms. The molecule has 3 rings (SSSR count). The number of aryl methyl sites for hydroxylation is 1. The van der Waals surface area contributed by atoms with E-state index < -0.39 is 11.8 Å². The number of rotatable bonds is 2. The number of anilines is 1. The zero-order chi connectivity index (χ0) is 15.0. The standard InChI is InChI=1S/C16H12N2O3/c1-9-4-2-5-10(8-9)14(19)17-12-7-3-6-11-13(12)16(21)18-15(11)20/h2-8H,1H3,(H,17,19)(H,18,20,21). The van der Waals surface area contributed by atoms with Crippen LogP contribution in [0.4, 0.5) is 5.69 Å². The van der Waals surface area contributed by atoms with Crippen LogP contribution in [-0.2, 0) is 0 Å². The Bertz CT molecular complexity index is 781. The maximum absolute atomic E-state index is 12.2. The average Bonchev–Trinajstić information content (AvgIpc) is 2.75. The van der Waals surface area contributed by atoms with Gasteiger partial charge in [0.1, 0.15) is 0 Å². The maximum atomic E-state index is 12.2. The fourth-order valence-corrected chi connectivity index (χ4v) is 2.30. The van der Waals surface area contributed by atoms with Crippen LogP contribution in [0.5, 0.6) is 0 Å². The second-order valence-electron chi connectivity index (χ2n) is 4.83. The van der Waals surface area contributed by atoms with Crippen molar-refractivity contribution in [3.8, 4) is 0 Å². The molecule has 5 heteroatoms. The Labute approximate surface area is 121 Å². The minimum absolute atomic E-state index is 0.212. The third-order valence-electron chi connectivity index (χ3n) is 3.29. The van der Waals surface area contributed by atoms with Crippen molar-refractivity contribution in [3.05, 3.63) is 64.7 Å². The lowest BCUT2D eigenvalue weighted by molar-refractivity contribution is 0.0879. The zero-order valence-electron chi connectivity index (χ0n) is 11.3.